The molecule has 0 aliphatic carbocycles. The highest BCUT2D eigenvalue weighted by Gasteiger charge is 2.27. The van der Waals surface area contributed by atoms with E-state index in [9.17, 15) is 0 Å². The highest BCUT2D eigenvalue weighted by Crippen LogP contribution is 2.27. The van der Waals surface area contributed by atoms with Crippen LogP contribution in [0.5, 0.6) is 0 Å². The Morgan fingerprint density at radius 1 is 1.31 bits per heavy atom. The lowest BCUT2D eigenvalue weighted by Gasteiger charge is -2.40. The van der Waals surface area contributed by atoms with Gasteiger partial charge in [0.15, 0.2) is 0 Å². The Morgan fingerprint density at radius 3 is 2.50 bits per heavy atom. The smallest absolute Gasteiger partial charge is 0.0221 e. The molecule has 0 spiro atoms. The standard InChI is InChI=1S/C14H30N2/c1-5-12-6-8-16(13(10-12)11-15)9-7-14(2,3)4/h12-13H,5-11,15H2,1-4H3. The van der Waals surface area contributed by atoms with Crippen LogP contribution in [0.3, 0.4) is 0 Å². The molecule has 0 aromatic rings. The van der Waals surface area contributed by atoms with Crippen molar-refractivity contribution in [2.45, 2.75) is 59.4 Å². The van der Waals surface area contributed by atoms with E-state index in [0.29, 0.717) is 11.5 Å². The van der Waals surface area contributed by atoms with E-state index in [1.807, 2.05) is 0 Å². The zero-order valence-corrected chi connectivity index (χ0v) is 11.6. The molecular formula is C14H30N2. The second-order valence-electron chi connectivity index (χ2n) is 6.53. The van der Waals surface area contributed by atoms with Crippen LogP contribution in [0.1, 0.15) is 53.4 Å². The second-order valence-corrected chi connectivity index (χ2v) is 6.53. The van der Waals surface area contributed by atoms with E-state index >= 15 is 0 Å². The fourth-order valence-electron chi connectivity index (χ4n) is 2.57. The summed E-state index contributed by atoms with van der Waals surface area (Å²) in [6.45, 7) is 12.6. The monoisotopic (exact) mass is 226 g/mol. The summed E-state index contributed by atoms with van der Waals surface area (Å²) in [5, 5.41) is 0. The summed E-state index contributed by atoms with van der Waals surface area (Å²) in [6.07, 6.45) is 5.29. The molecule has 2 N–H and O–H groups in total. The fraction of sp³-hybridized carbons (Fsp3) is 1.00. The minimum absolute atomic E-state index is 0.445. The van der Waals surface area contributed by atoms with Crippen LogP contribution in [-0.2, 0) is 0 Å². The Balaban J connectivity index is 2.41. The van der Waals surface area contributed by atoms with Crippen LogP contribution < -0.4 is 5.73 Å². The van der Waals surface area contributed by atoms with Crippen molar-refractivity contribution in [3.63, 3.8) is 0 Å². The minimum Gasteiger partial charge on any atom is -0.329 e. The van der Waals surface area contributed by atoms with Crippen LogP contribution in [0.2, 0.25) is 0 Å². The summed E-state index contributed by atoms with van der Waals surface area (Å²) < 4.78 is 0. The lowest BCUT2D eigenvalue weighted by atomic mass is 9.87. The Hall–Kier alpha value is -0.0800. The van der Waals surface area contributed by atoms with Gasteiger partial charge in [-0.05, 0) is 43.7 Å². The predicted molar refractivity (Wildman–Crippen MR) is 71.5 cm³/mol. The highest BCUT2D eigenvalue weighted by molar-refractivity contribution is 4.82. The first-order valence-electron chi connectivity index (χ1n) is 6.90. The van der Waals surface area contributed by atoms with Crippen LogP contribution >= 0.6 is 0 Å². The topological polar surface area (TPSA) is 29.3 Å². The number of hydrogen-bond donors (Lipinski definition) is 1. The molecule has 0 bridgehead atoms. The summed E-state index contributed by atoms with van der Waals surface area (Å²) in [5.74, 6) is 0.916. The van der Waals surface area contributed by atoms with Crippen molar-refractivity contribution in [3.05, 3.63) is 0 Å². The number of nitrogens with two attached hydrogens (primary N) is 1. The summed E-state index contributed by atoms with van der Waals surface area (Å²) in [4.78, 5) is 2.62. The van der Waals surface area contributed by atoms with Crippen LogP contribution in [0.25, 0.3) is 0 Å². The molecule has 0 aromatic carbocycles. The average Bonchev–Trinajstić information content (AvgIpc) is 2.25. The zero-order chi connectivity index (χ0) is 12.2. The molecule has 2 unspecified atom stereocenters. The Labute approximate surface area is 102 Å². The van der Waals surface area contributed by atoms with Crippen molar-refractivity contribution in [2.24, 2.45) is 17.1 Å². The van der Waals surface area contributed by atoms with E-state index in [0.717, 1.165) is 12.5 Å². The molecule has 1 heterocycles. The summed E-state index contributed by atoms with van der Waals surface area (Å²) in [7, 11) is 0. The fourth-order valence-corrected chi connectivity index (χ4v) is 2.57. The lowest BCUT2D eigenvalue weighted by molar-refractivity contribution is 0.101. The van der Waals surface area contributed by atoms with Gasteiger partial charge >= 0.3 is 0 Å². The molecule has 2 nitrogen and oxygen atoms in total. The van der Waals surface area contributed by atoms with Gasteiger partial charge in [0.2, 0.25) is 0 Å². The van der Waals surface area contributed by atoms with E-state index in [1.165, 1.54) is 38.8 Å². The first kappa shape index (κ1) is 14.0. The van der Waals surface area contributed by atoms with Gasteiger partial charge in [0.05, 0.1) is 0 Å². The van der Waals surface area contributed by atoms with Gasteiger partial charge in [0.25, 0.3) is 0 Å². The van der Waals surface area contributed by atoms with Crippen molar-refractivity contribution in [1.82, 2.24) is 4.90 Å². The maximum absolute atomic E-state index is 5.91. The molecule has 96 valence electrons. The van der Waals surface area contributed by atoms with E-state index in [1.54, 1.807) is 0 Å². The van der Waals surface area contributed by atoms with Gasteiger partial charge in [-0.3, -0.25) is 4.90 Å². The van der Waals surface area contributed by atoms with Crippen LogP contribution in [0, 0.1) is 11.3 Å². The number of hydrogen-bond acceptors (Lipinski definition) is 2. The maximum Gasteiger partial charge on any atom is 0.0221 e. The molecule has 0 amide bonds. The van der Waals surface area contributed by atoms with Gasteiger partial charge in [-0.1, -0.05) is 34.1 Å². The van der Waals surface area contributed by atoms with Crippen molar-refractivity contribution in [2.75, 3.05) is 19.6 Å². The van der Waals surface area contributed by atoms with Gasteiger partial charge in [-0.15, -0.1) is 0 Å². The molecule has 16 heavy (non-hydrogen) atoms. The molecule has 1 rings (SSSR count). The molecule has 0 radical (unpaired) electrons. The van der Waals surface area contributed by atoms with Crippen molar-refractivity contribution < 1.29 is 0 Å². The summed E-state index contributed by atoms with van der Waals surface area (Å²) in [5.41, 5.74) is 6.35. The van der Waals surface area contributed by atoms with Crippen molar-refractivity contribution >= 4 is 0 Å². The summed E-state index contributed by atoms with van der Waals surface area (Å²) in [6, 6.07) is 0.640. The molecule has 1 aliphatic rings. The Morgan fingerprint density at radius 2 is 2.00 bits per heavy atom. The second kappa shape index (κ2) is 6.02. The first-order valence-corrected chi connectivity index (χ1v) is 6.90. The van der Waals surface area contributed by atoms with Gasteiger partial charge in [-0.25, -0.2) is 0 Å². The third kappa shape index (κ3) is 4.42. The molecular weight excluding hydrogens is 196 g/mol. The molecule has 0 aromatic heterocycles. The normalized spacial score (nSPS) is 28.3. The van der Waals surface area contributed by atoms with Crippen molar-refractivity contribution in [3.8, 4) is 0 Å². The SMILES string of the molecule is CCC1CCN(CCC(C)(C)C)C(CN)C1. The number of rotatable bonds is 4. The number of likely N-dealkylation sites (tertiary alicyclic amines) is 1. The largest absolute Gasteiger partial charge is 0.329 e. The highest BCUT2D eigenvalue weighted by atomic mass is 15.2. The average molecular weight is 226 g/mol. The van der Waals surface area contributed by atoms with E-state index in [-0.39, 0.29) is 0 Å². The van der Waals surface area contributed by atoms with Gasteiger partial charge in [-0.2, -0.15) is 0 Å². The maximum atomic E-state index is 5.91. The molecule has 1 aliphatic heterocycles. The Kier molecular flexibility index (Phi) is 5.26. The Bertz CT molecular complexity index is 195. The molecule has 2 atom stereocenters. The number of nitrogens with zero attached hydrogens (tertiary/aromatic N) is 1. The summed E-state index contributed by atoms with van der Waals surface area (Å²) >= 11 is 0. The quantitative estimate of drug-likeness (QED) is 0.798. The van der Waals surface area contributed by atoms with Gasteiger partial charge < -0.3 is 5.73 Å². The van der Waals surface area contributed by atoms with Gasteiger partial charge in [0, 0.05) is 12.6 Å². The van der Waals surface area contributed by atoms with E-state index in [4.69, 9.17) is 5.73 Å². The van der Waals surface area contributed by atoms with Gasteiger partial charge in [0.1, 0.15) is 0 Å². The molecule has 2 heteroatoms. The lowest BCUT2D eigenvalue weighted by Crippen LogP contribution is -2.47. The molecule has 1 fully saturated rings. The van der Waals surface area contributed by atoms with Crippen LogP contribution in [0.4, 0.5) is 0 Å². The molecule has 1 saturated heterocycles. The number of piperidine rings is 1. The first-order chi connectivity index (χ1) is 7.46. The predicted octanol–water partition coefficient (Wildman–Crippen LogP) is 2.87. The van der Waals surface area contributed by atoms with Crippen LogP contribution in [0.15, 0.2) is 0 Å². The minimum atomic E-state index is 0.445. The van der Waals surface area contributed by atoms with Crippen LogP contribution in [-0.4, -0.2) is 30.6 Å². The third-order valence-corrected chi connectivity index (χ3v) is 3.94. The third-order valence-electron chi connectivity index (χ3n) is 3.94. The van der Waals surface area contributed by atoms with Crippen molar-refractivity contribution in [1.29, 1.82) is 0 Å². The van der Waals surface area contributed by atoms with E-state index in [2.05, 4.69) is 32.6 Å². The zero-order valence-electron chi connectivity index (χ0n) is 11.6. The van der Waals surface area contributed by atoms with E-state index < -0.39 is 0 Å². The molecule has 0 saturated carbocycles.